The molecule has 25 heavy (non-hydrogen) atoms. The van der Waals surface area contributed by atoms with Crippen molar-refractivity contribution in [2.24, 2.45) is 4.99 Å². The molecule has 4 heteroatoms. The summed E-state index contributed by atoms with van der Waals surface area (Å²) in [6.07, 6.45) is 0.987. The predicted octanol–water partition coefficient (Wildman–Crippen LogP) is 4.98. The van der Waals surface area contributed by atoms with Gasteiger partial charge in [-0.05, 0) is 38.0 Å². The zero-order chi connectivity index (χ0) is 17.8. The molecule has 0 radical (unpaired) electrons. The molecule has 0 aliphatic rings. The van der Waals surface area contributed by atoms with Gasteiger partial charge in [0, 0.05) is 23.1 Å². The largest absolute Gasteiger partial charge is 0.316 e. The van der Waals surface area contributed by atoms with Crippen molar-refractivity contribution in [2.45, 2.75) is 33.7 Å². The molecule has 3 nitrogen and oxygen atoms in total. The van der Waals surface area contributed by atoms with Crippen molar-refractivity contribution >= 4 is 17.2 Å². The summed E-state index contributed by atoms with van der Waals surface area (Å²) in [6.45, 7) is 7.21. The zero-order valence-corrected chi connectivity index (χ0v) is 15.6. The second kappa shape index (κ2) is 7.62. The standard InChI is InChI=1S/C21H22N2OS/c1-4-12-23-19(18-11-10-15(2)13-16(18)3)14-25-21(23)22-20(24)17-8-6-5-7-9-17/h5-11,13-14H,4,12H2,1-3H3/b22-21-. The normalized spacial score (nSPS) is 11.7. The number of hydrogen-bond donors (Lipinski definition) is 0. The highest BCUT2D eigenvalue weighted by molar-refractivity contribution is 7.07. The van der Waals surface area contributed by atoms with Crippen LogP contribution in [0.25, 0.3) is 11.3 Å². The summed E-state index contributed by atoms with van der Waals surface area (Å²) in [5.74, 6) is -0.195. The van der Waals surface area contributed by atoms with Gasteiger partial charge in [0.1, 0.15) is 0 Å². The Bertz CT molecular complexity index is 952. The molecular weight excluding hydrogens is 328 g/mol. The first kappa shape index (κ1) is 17.4. The molecule has 1 heterocycles. The van der Waals surface area contributed by atoms with Crippen molar-refractivity contribution in [3.8, 4) is 11.3 Å². The fraction of sp³-hybridized carbons (Fsp3) is 0.238. The fourth-order valence-corrected chi connectivity index (χ4v) is 3.83. The van der Waals surface area contributed by atoms with Crippen molar-refractivity contribution in [3.63, 3.8) is 0 Å². The number of rotatable bonds is 4. The first-order valence-electron chi connectivity index (χ1n) is 8.50. The molecule has 0 N–H and O–H groups in total. The third-order valence-corrected chi connectivity index (χ3v) is 4.98. The lowest BCUT2D eigenvalue weighted by Gasteiger charge is -2.10. The van der Waals surface area contributed by atoms with E-state index in [2.05, 4.69) is 53.9 Å². The Morgan fingerprint density at radius 2 is 1.88 bits per heavy atom. The van der Waals surface area contributed by atoms with Crippen molar-refractivity contribution in [1.29, 1.82) is 0 Å². The van der Waals surface area contributed by atoms with Crippen LogP contribution in [0.15, 0.2) is 58.9 Å². The summed E-state index contributed by atoms with van der Waals surface area (Å²) < 4.78 is 2.16. The number of aryl methyl sites for hydroxylation is 2. The van der Waals surface area contributed by atoms with Gasteiger partial charge in [-0.1, -0.05) is 48.9 Å². The summed E-state index contributed by atoms with van der Waals surface area (Å²) >= 11 is 1.52. The topological polar surface area (TPSA) is 34.4 Å². The van der Waals surface area contributed by atoms with E-state index >= 15 is 0 Å². The zero-order valence-electron chi connectivity index (χ0n) is 14.8. The van der Waals surface area contributed by atoms with Crippen LogP contribution in [0.1, 0.15) is 34.8 Å². The number of thiazole rings is 1. The maximum Gasteiger partial charge on any atom is 0.279 e. The first-order chi connectivity index (χ1) is 12.1. The van der Waals surface area contributed by atoms with E-state index in [4.69, 9.17) is 0 Å². The number of nitrogens with zero attached hydrogens (tertiary/aromatic N) is 2. The quantitative estimate of drug-likeness (QED) is 0.653. The molecule has 0 saturated carbocycles. The molecule has 1 amide bonds. The van der Waals surface area contributed by atoms with Gasteiger partial charge in [-0.3, -0.25) is 4.79 Å². The summed E-state index contributed by atoms with van der Waals surface area (Å²) in [7, 11) is 0. The summed E-state index contributed by atoms with van der Waals surface area (Å²) in [6, 6.07) is 15.7. The van der Waals surface area contributed by atoms with Gasteiger partial charge in [0.15, 0.2) is 4.80 Å². The Hall–Kier alpha value is -2.46. The second-order valence-electron chi connectivity index (χ2n) is 6.16. The van der Waals surface area contributed by atoms with Crippen LogP contribution in [0, 0.1) is 13.8 Å². The fourth-order valence-electron chi connectivity index (χ4n) is 2.91. The number of aromatic nitrogens is 1. The summed E-state index contributed by atoms with van der Waals surface area (Å²) in [5, 5.41) is 2.10. The van der Waals surface area contributed by atoms with Gasteiger partial charge in [-0.25, -0.2) is 0 Å². The molecule has 0 atom stereocenters. The number of carbonyl (C=O) groups excluding carboxylic acids is 1. The van der Waals surface area contributed by atoms with Crippen LogP contribution < -0.4 is 4.80 Å². The monoisotopic (exact) mass is 350 g/mol. The number of hydrogen-bond acceptors (Lipinski definition) is 2. The van der Waals surface area contributed by atoms with Gasteiger partial charge >= 0.3 is 0 Å². The van der Waals surface area contributed by atoms with Crippen LogP contribution in [0.2, 0.25) is 0 Å². The van der Waals surface area contributed by atoms with Gasteiger partial charge < -0.3 is 4.57 Å². The second-order valence-corrected chi connectivity index (χ2v) is 6.99. The van der Waals surface area contributed by atoms with E-state index in [1.165, 1.54) is 28.0 Å². The van der Waals surface area contributed by atoms with E-state index in [1.807, 2.05) is 18.2 Å². The highest BCUT2D eigenvalue weighted by Gasteiger charge is 2.11. The minimum absolute atomic E-state index is 0.195. The van der Waals surface area contributed by atoms with E-state index in [0.29, 0.717) is 5.56 Å². The molecule has 128 valence electrons. The smallest absolute Gasteiger partial charge is 0.279 e. The van der Waals surface area contributed by atoms with E-state index < -0.39 is 0 Å². The van der Waals surface area contributed by atoms with Crippen LogP contribution in [0.5, 0.6) is 0 Å². The van der Waals surface area contributed by atoms with Crippen molar-refractivity contribution in [3.05, 3.63) is 75.4 Å². The maximum atomic E-state index is 12.5. The van der Waals surface area contributed by atoms with Crippen LogP contribution in [-0.2, 0) is 6.54 Å². The number of benzene rings is 2. The molecule has 3 rings (SSSR count). The van der Waals surface area contributed by atoms with Gasteiger partial charge in [0.2, 0.25) is 0 Å². The van der Waals surface area contributed by atoms with Crippen molar-refractivity contribution in [2.75, 3.05) is 0 Å². The molecule has 3 aromatic rings. The molecular formula is C21H22N2OS. The third-order valence-electron chi connectivity index (χ3n) is 4.12. The van der Waals surface area contributed by atoms with E-state index in [-0.39, 0.29) is 5.91 Å². The lowest BCUT2D eigenvalue weighted by molar-refractivity contribution is 0.0998. The molecule has 0 unspecified atom stereocenters. The van der Waals surface area contributed by atoms with Crippen LogP contribution in [0.4, 0.5) is 0 Å². The molecule has 0 aliphatic carbocycles. The molecule has 0 spiro atoms. The average molecular weight is 350 g/mol. The summed E-state index contributed by atoms with van der Waals surface area (Å²) in [5.41, 5.74) is 5.44. The Morgan fingerprint density at radius 3 is 2.56 bits per heavy atom. The highest BCUT2D eigenvalue weighted by atomic mass is 32.1. The average Bonchev–Trinajstić information content (AvgIpc) is 2.98. The Labute approximate surface area is 152 Å². The minimum Gasteiger partial charge on any atom is -0.316 e. The number of amides is 1. The minimum atomic E-state index is -0.195. The van der Waals surface area contributed by atoms with Crippen molar-refractivity contribution in [1.82, 2.24) is 4.57 Å². The van der Waals surface area contributed by atoms with E-state index in [1.54, 1.807) is 12.1 Å². The van der Waals surface area contributed by atoms with Crippen LogP contribution in [0.3, 0.4) is 0 Å². The molecule has 0 aliphatic heterocycles. The predicted molar refractivity (Wildman–Crippen MR) is 104 cm³/mol. The van der Waals surface area contributed by atoms with Crippen LogP contribution in [-0.4, -0.2) is 10.5 Å². The Morgan fingerprint density at radius 1 is 1.12 bits per heavy atom. The Balaban J connectivity index is 2.09. The van der Waals surface area contributed by atoms with E-state index in [9.17, 15) is 4.79 Å². The first-order valence-corrected chi connectivity index (χ1v) is 9.38. The van der Waals surface area contributed by atoms with Gasteiger partial charge in [-0.2, -0.15) is 4.99 Å². The van der Waals surface area contributed by atoms with Gasteiger partial charge in [0.25, 0.3) is 5.91 Å². The van der Waals surface area contributed by atoms with E-state index in [0.717, 1.165) is 23.5 Å². The molecule has 0 saturated heterocycles. The van der Waals surface area contributed by atoms with Gasteiger partial charge in [0.05, 0.1) is 5.69 Å². The van der Waals surface area contributed by atoms with Crippen LogP contribution >= 0.6 is 11.3 Å². The third kappa shape index (κ3) is 3.80. The molecule has 1 aromatic heterocycles. The number of carbonyl (C=O) groups is 1. The molecule has 0 fully saturated rings. The Kier molecular flexibility index (Phi) is 5.29. The SMILES string of the molecule is CCCn1c(-c2ccc(C)cc2C)cs/c1=N\C(=O)c1ccccc1. The lowest BCUT2D eigenvalue weighted by Crippen LogP contribution is -2.18. The highest BCUT2D eigenvalue weighted by Crippen LogP contribution is 2.25. The molecule has 0 bridgehead atoms. The lowest BCUT2D eigenvalue weighted by atomic mass is 10.0. The van der Waals surface area contributed by atoms with Crippen molar-refractivity contribution < 1.29 is 4.79 Å². The summed E-state index contributed by atoms with van der Waals surface area (Å²) in [4.78, 5) is 17.6. The molecule has 2 aromatic carbocycles. The maximum absolute atomic E-state index is 12.5. The van der Waals surface area contributed by atoms with Gasteiger partial charge in [-0.15, -0.1) is 11.3 Å².